The molecule has 0 atom stereocenters. The van der Waals surface area contributed by atoms with Crippen LogP contribution < -0.4 is 5.32 Å². The van der Waals surface area contributed by atoms with Crippen LogP contribution in [0.1, 0.15) is 25.0 Å². The summed E-state index contributed by atoms with van der Waals surface area (Å²) in [6, 6.07) is 8.24. The van der Waals surface area contributed by atoms with Crippen LogP contribution in [0, 0.1) is 25.2 Å². The van der Waals surface area contributed by atoms with Crippen molar-refractivity contribution in [1.82, 2.24) is 15.1 Å². The number of thioether (sulfide) groups is 1. The summed E-state index contributed by atoms with van der Waals surface area (Å²) in [7, 11) is 1.64. The van der Waals surface area contributed by atoms with Crippen LogP contribution in [-0.2, 0) is 4.79 Å². The van der Waals surface area contributed by atoms with Gasteiger partial charge in [0.05, 0.1) is 11.8 Å². The molecule has 0 saturated heterocycles. The van der Waals surface area contributed by atoms with Crippen LogP contribution in [0.2, 0.25) is 0 Å². The SMILES string of the molecule is Cc1ccc(Nc2nnc(SCC(=O)N(C)C(C)(C)C#N)s2)cc1C. The largest absolute Gasteiger partial charge is 0.330 e. The molecule has 0 radical (unpaired) electrons. The first kappa shape index (κ1) is 19.2. The van der Waals surface area contributed by atoms with E-state index in [1.54, 1.807) is 20.9 Å². The van der Waals surface area contributed by atoms with Crippen molar-refractivity contribution in [2.45, 2.75) is 37.6 Å². The Morgan fingerprint density at radius 3 is 2.72 bits per heavy atom. The Labute approximate surface area is 156 Å². The molecular weight excluding hydrogens is 354 g/mol. The number of rotatable bonds is 6. The Balaban J connectivity index is 1.94. The zero-order valence-corrected chi connectivity index (χ0v) is 16.6. The van der Waals surface area contributed by atoms with Crippen molar-refractivity contribution < 1.29 is 4.79 Å². The van der Waals surface area contributed by atoms with E-state index in [4.69, 9.17) is 5.26 Å². The predicted molar refractivity (Wildman–Crippen MR) is 102 cm³/mol. The van der Waals surface area contributed by atoms with E-state index < -0.39 is 5.54 Å². The summed E-state index contributed by atoms with van der Waals surface area (Å²) < 4.78 is 0.711. The van der Waals surface area contributed by atoms with E-state index in [2.05, 4.69) is 47.6 Å². The van der Waals surface area contributed by atoms with Gasteiger partial charge in [0, 0.05) is 12.7 Å². The van der Waals surface area contributed by atoms with Gasteiger partial charge in [0.2, 0.25) is 11.0 Å². The van der Waals surface area contributed by atoms with Crippen molar-refractivity contribution in [1.29, 1.82) is 5.26 Å². The van der Waals surface area contributed by atoms with Crippen LogP contribution in [-0.4, -0.2) is 39.3 Å². The van der Waals surface area contributed by atoms with Crippen LogP contribution in [0.25, 0.3) is 0 Å². The molecular formula is C17H21N5OS2. The molecule has 1 aromatic heterocycles. The molecule has 0 fully saturated rings. The number of carbonyl (C=O) groups is 1. The van der Waals surface area contributed by atoms with E-state index in [0.717, 1.165) is 5.69 Å². The standard InChI is InChI=1S/C17H21N5OS2/c1-11-6-7-13(8-12(11)2)19-15-20-21-16(25-15)24-9-14(23)22(5)17(3,4)10-18/h6-8H,9H2,1-5H3,(H,19,20). The topological polar surface area (TPSA) is 81.9 Å². The van der Waals surface area contributed by atoms with Gasteiger partial charge in [0.1, 0.15) is 5.54 Å². The van der Waals surface area contributed by atoms with E-state index in [1.165, 1.54) is 39.1 Å². The van der Waals surface area contributed by atoms with Crippen molar-refractivity contribution >= 4 is 39.8 Å². The number of amides is 1. The van der Waals surface area contributed by atoms with Gasteiger partial charge < -0.3 is 10.2 Å². The lowest BCUT2D eigenvalue weighted by Gasteiger charge is -2.28. The molecule has 0 bridgehead atoms. The van der Waals surface area contributed by atoms with Crippen molar-refractivity contribution in [2.75, 3.05) is 18.1 Å². The Bertz CT molecular complexity index is 810. The quantitative estimate of drug-likeness (QED) is 0.774. The number of hydrogen-bond acceptors (Lipinski definition) is 7. The summed E-state index contributed by atoms with van der Waals surface area (Å²) in [5, 5.41) is 21.2. The van der Waals surface area contributed by atoms with E-state index in [-0.39, 0.29) is 11.7 Å². The van der Waals surface area contributed by atoms with Gasteiger partial charge in [-0.25, -0.2) is 0 Å². The van der Waals surface area contributed by atoms with Gasteiger partial charge >= 0.3 is 0 Å². The molecule has 1 heterocycles. The van der Waals surface area contributed by atoms with Gasteiger partial charge in [-0.1, -0.05) is 29.2 Å². The molecule has 0 unspecified atom stereocenters. The first-order chi connectivity index (χ1) is 11.7. The third-order valence-corrected chi connectivity index (χ3v) is 5.93. The molecule has 0 spiro atoms. The zero-order valence-electron chi connectivity index (χ0n) is 15.0. The van der Waals surface area contributed by atoms with Crippen LogP contribution in [0.15, 0.2) is 22.5 Å². The maximum absolute atomic E-state index is 12.2. The van der Waals surface area contributed by atoms with E-state index in [0.29, 0.717) is 9.47 Å². The average molecular weight is 376 g/mol. The van der Waals surface area contributed by atoms with Crippen molar-refractivity contribution in [3.05, 3.63) is 29.3 Å². The lowest BCUT2D eigenvalue weighted by Crippen LogP contribution is -2.44. The molecule has 0 saturated carbocycles. The van der Waals surface area contributed by atoms with Gasteiger partial charge in [-0.2, -0.15) is 5.26 Å². The maximum Gasteiger partial charge on any atom is 0.234 e. The fourth-order valence-corrected chi connectivity index (χ4v) is 3.55. The lowest BCUT2D eigenvalue weighted by atomic mass is 10.1. The van der Waals surface area contributed by atoms with Crippen molar-refractivity contribution in [3.8, 4) is 6.07 Å². The summed E-state index contributed by atoms with van der Waals surface area (Å²) >= 11 is 2.72. The average Bonchev–Trinajstić information content (AvgIpc) is 3.02. The second kappa shape index (κ2) is 7.85. The highest BCUT2D eigenvalue weighted by Gasteiger charge is 2.27. The van der Waals surface area contributed by atoms with Crippen LogP contribution >= 0.6 is 23.1 Å². The summed E-state index contributed by atoms with van der Waals surface area (Å²) in [6.07, 6.45) is 0. The van der Waals surface area contributed by atoms with Gasteiger partial charge in [-0.05, 0) is 51.0 Å². The second-order valence-corrected chi connectivity index (χ2v) is 8.41. The summed E-state index contributed by atoms with van der Waals surface area (Å²) in [6.45, 7) is 7.56. The Kier molecular flexibility index (Phi) is 6.03. The van der Waals surface area contributed by atoms with E-state index in [9.17, 15) is 4.79 Å². The fourth-order valence-electron chi connectivity index (χ4n) is 1.87. The van der Waals surface area contributed by atoms with E-state index in [1.807, 2.05) is 6.07 Å². The Morgan fingerprint density at radius 2 is 2.08 bits per heavy atom. The molecule has 0 aliphatic heterocycles. The first-order valence-corrected chi connectivity index (χ1v) is 9.51. The Hall–Kier alpha value is -2.11. The highest BCUT2D eigenvalue weighted by molar-refractivity contribution is 8.01. The molecule has 0 aliphatic carbocycles. The zero-order chi connectivity index (χ0) is 18.6. The summed E-state index contributed by atoms with van der Waals surface area (Å²) in [4.78, 5) is 13.6. The monoisotopic (exact) mass is 375 g/mol. The third kappa shape index (κ3) is 4.94. The minimum Gasteiger partial charge on any atom is -0.330 e. The summed E-state index contributed by atoms with van der Waals surface area (Å²) in [5.41, 5.74) is 2.58. The fraction of sp³-hybridized carbons (Fsp3) is 0.412. The second-order valence-electron chi connectivity index (χ2n) is 6.21. The minimum atomic E-state index is -0.825. The smallest absolute Gasteiger partial charge is 0.234 e. The van der Waals surface area contributed by atoms with Crippen LogP contribution in [0.5, 0.6) is 0 Å². The summed E-state index contributed by atoms with van der Waals surface area (Å²) in [5.74, 6) is 0.107. The first-order valence-electron chi connectivity index (χ1n) is 7.71. The molecule has 2 rings (SSSR count). The molecule has 2 aromatic rings. The molecule has 8 heteroatoms. The third-order valence-electron chi connectivity index (χ3n) is 3.97. The number of benzene rings is 1. The molecule has 6 nitrogen and oxygen atoms in total. The van der Waals surface area contributed by atoms with Crippen LogP contribution in [0.4, 0.5) is 10.8 Å². The minimum absolute atomic E-state index is 0.115. The number of anilines is 2. The van der Waals surface area contributed by atoms with Gasteiger partial charge in [0.15, 0.2) is 4.34 Å². The van der Waals surface area contributed by atoms with Gasteiger partial charge in [0.25, 0.3) is 0 Å². The van der Waals surface area contributed by atoms with Gasteiger partial charge in [-0.15, -0.1) is 10.2 Å². The molecule has 1 amide bonds. The lowest BCUT2D eigenvalue weighted by molar-refractivity contribution is -0.130. The molecule has 1 N–H and O–H groups in total. The molecule has 0 aliphatic rings. The molecule has 25 heavy (non-hydrogen) atoms. The van der Waals surface area contributed by atoms with Gasteiger partial charge in [-0.3, -0.25) is 4.79 Å². The number of aryl methyl sites for hydroxylation is 2. The molecule has 132 valence electrons. The normalized spacial score (nSPS) is 11.0. The highest BCUT2D eigenvalue weighted by Crippen LogP contribution is 2.28. The van der Waals surface area contributed by atoms with Crippen LogP contribution in [0.3, 0.4) is 0 Å². The Morgan fingerprint density at radius 1 is 1.36 bits per heavy atom. The number of hydrogen-bond donors (Lipinski definition) is 1. The van der Waals surface area contributed by atoms with Crippen molar-refractivity contribution in [3.63, 3.8) is 0 Å². The number of carbonyl (C=O) groups excluding carboxylic acids is 1. The van der Waals surface area contributed by atoms with E-state index >= 15 is 0 Å². The number of nitriles is 1. The number of nitrogens with one attached hydrogen (secondary N) is 1. The number of nitrogens with zero attached hydrogens (tertiary/aromatic N) is 4. The maximum atomic E-state index is 12.2. The number of aromatic nitrogens is 2. The molecule has 1 aromatic carbocycles. The predicted octanol–water partition coefficient (Wildman–Crippen LogP) is 3.75. The highest BCUT2D eigenvalue weighted by atomic mass is 32.2. The van der Waals surface area contributed by atoms with Crippen molar-refractivity contribution in [2.24, 2.45) is 0 Å².